The Balaban J connectivity index is 1.70. The van der Waals surface area contributed by atoms with Gasteiger partial charge in [0.15, 0.2) is 6.10 Å². The van der Waals surface area contributed by atoms with Crippen LogP contribution in [-0.2, 0) is 4.79 Å². The summed E-state index contributed by atoms with van der Waals surface area (Å²) in [5.41, 5.74) is 3.23. The van der Waals surface area contributed by atoms with E-state index in [0.29, 0.717) is 17.0 Å². The summed E-state index contributed by atoms with van der Waals surface area (Å²) in [4.78, 5) is 27.7. The number of nitrogens with one attached hydrogen (secondary N) is 1. The predicted octanol–water partition coefficient (Wildman–Crippen LogP) is 4.73. The zero-order chi connectivity index (χ0) is 20.8. The SMILES string of the molecule is Cc1cc(C)cc(O[C@H](C)C(=O)Nc2ccccc2C(=O)N2CCCCCC2)c1. The van der Waals surface area contributed by atoms with Crippen LogP contribution >= 0.6 is 0 Å². The lowest BCUT2D eigenvalue weighted by molar-refractivity contribution is -0.122. The molecule has 1 saturated heterocycles. The number of carbonyl (C=O) groups excluding carboxylic acids is 2. The van der Waals surface area contributed by atoms with Crippen molar-refractivity contribution in [2.24, 2.45) is 0 Å². The van der Waals surface area contributed by atoms with E-state index in [1.807, 2.05) is 43.0 Å². The molecule has 0 aliphatic carbocycles. The number of likely N-dealkylation sites (tertiary alicyclic amines) is 1. The van der Waals surface area contributed by atoms with Crippen LogP contribution in [0.25, 0.3) is 0 Å². The van der Waals surface area contributed by atoms with Gasteiger partial charge in [0.05, 0.1) is 11.3 Å². The normalized spacial score (nSPS) is 15.3. The molecule has 2 aromatic carbocycles. The molecule has 29 heavy (non-hydrogen) atoms. The second kappa shape index (κ2) is 9.59. The minimum absolute atomic E-state index is 0.0225. The van der Waals surface area contributed by atoms with Gasteiger partial charge < -0.3 is 15.0 Å². The van der Waals surface area contributed by atoms with Crippen LogP contribution < -0.4 is 10.1 Å². The maximum atomic E-state index is 13.0. The van der Waals surface area contributed by atoms with Crippen molar-refractivity contribution >= 4 is 17.5 Å². The van der Waals surface area contributed by atoms with Gasteiger partial charge in [-0.1, -0.05) is 31.0 Å². The molecular formula is C24H30N2O3. The first-order chi connectivity index (χ1) is 13.9. The topological polar surface area (TPSA) is 58.6 Å². The summed E-state index contributed by atoms with van der Waals surface area (Å²) in [6, 6.07) is 13.1. The number of hydrogen-bond donors (Lipinski definition) is 1. The van der Waals surface area contributed by atoms with Gasteiger partial charge in [0.1, 0.15) is 5.75 Å². The van der Waals surface area contributed by atoms with Crippen molar-refractivity contribution in [1.29, 1.82) is 0 Å². The lowest BCUT2D eigenvalue weighted by Gasteiger charge is -2.22. The molecule has 2 amide bonds. The van der Waals surface area contributed by atoms with Gasteiger partial charge in [-0.05, 0) is 69.0 Å². The van der Waals surface area contributed by atoms with E-state index in [2.05, 4.69) is 11.4 Å². The fourth-order valence-corrected chi connectivity index (χ4v) is 3.72. The van der Waals surface area contributed by atoms with Crippen LogP contribution in [0.1, 0.15) is 54.1 Å². The first-order valence-electron chi connectivity index (χ1n) is 10.4. The average molecular weight is 395 g/mol. The number of nitrogens with zero attached hydrogens (tertiary/aromatic N) is 1. The van der Waals surface area contributed by atoms with Crippen LogP contribution in [0.4, 0.5) is 5.69 Å². The molecule has 0 spiro atoms. The Bertz CT molecular complexity index is 850. The van der Waals surface area contributed by atoms with Crippen molar-refractivity contribution in [2.75, 3.05) is 18.4 Å². The van der Waals surface area contributed by atoms with Gasteiger partial charge in [0.2, 0.25) is 0 Å². The van der Waals surface area contributed by atoms with E-state index in [-0.39, 0.29) is 11.8 Å². The number of hydrogen-bond acceptors (Lipinski definition) is 3. The first kappa shape index (κ1) is 20.9. The van der Waals surface area contributed by atoms with E-state index < -0.39 is 6.10 Å². The highest BCUT2D eigenvalue weighted by Gasteiger charge is 2.22. The maximum absolute atomic E-state index is 13.0. The predicted molar refractivity (Wildman–Crippen MR) is 115 cm³/mol. The number of carbonyl (C=O) groups is 2. The lowest BCUT2D eigenvalue weighted by atomic mass is 10.1. The standard InChI is InChI=1S/C24H30N2O3/c1-17-14-18(2)16-20(15-17)29-19(3)23(27)25-22-11-7-6-10-21(22)24(28)26-12-8-4-5-9-13-26/h6-7,10-11,14-16,19H,4-5,8-9,12-13H2,1-3H3,(H,25,27)/t19-/m1/s1. The smallest absolute Gasteiger partial charge is 0.265 e. The molecule has 1 heterocycles. The molecule has 5 heteroatoms. The lowest BCUT2D eigenvalue weighted by Crippen LogP contribution is -2.34. The van der Waals surface area contributed by atoms with E-state index in [1.165, 1.54) is 0 Å². The molecule has 0 radical (unpaired) electrons. The van der Waals surface area contributed by atoms with E-state index >= 15 is 0 Å². The van der Waals surface area contributed by atoms with Gasteiger partial charge >= 0.3 is 0 Å². The molecule has 0 bridgehead atoms. The van der Waals surface area contributed by atoms with Crippen LogP contribution in [-0.4, -0.2) is 35.9 Å². The summed E-state index contributed by atoms with van der Waals surface area (Å²) in [6.45, 7) is 7.25. The molecule has 1 N–H and O–H groups in total. The summed E-state index contributed by atoms with van der Waals surface area (Å²) in [7, 11) is 0. The Morgan fingerprint density at radius 3 is 2.24 bits per heavy atom. The van der Waals surface area contributed by atoms with Crippen LogP contribution in [0.5, 0.6) is 5.75 Å². The Labute approximate surface area is 173 Å². The highest BCUT2D eigenvalue weighted by molar-refractivity contribution is 6.04. The van der Waals surface area contributed by atoms with Crippen molar-refractivity contribution in [3.63, 3.8) is 0 Å². The molecule has 1 aliphatic heterocycles. The highest BCUT2D eigenvalue weighted by Crippen LogP contribution is 2.21. The maximum Gasteiger partial charge on any atom is 0.265 e. The molecule has 0 aromatic heterocycles. The molecule has 1 aliphatic rings. The Kier molecular flexibility index (Phi) is 6.91. The largest absolute Gasteiger partial charge is 0.481 e. The van der Waals surface area contributed by atoms with Gasteiger partial charge in [-0.2, -0.15) is 0 Å². The number of ether oxygens (including phenoxy) is 1. The molecule has 0 unspecified atom stereocenters. The molecule has 3 rings (SSSR count). The van der Waals surface area contributed by atoms with Crippen molar-refractivity contribution < 1.29 is 14.3 Å². The number of aryl methyl sites for hydroxylation is 2. The quantitative estimate of drug-likeness (QED) is 0.798. The Hall–Kier alpha value is -2.82. The molecular weight excluding hydrogens is 364 g/mol. The van der Waals surface area contributed by atoms with Crippen molar-refractivity contribution in [3.8, 4) is 5.75 Å². The number of amides is 2. The summed E-state index contributed by atoms with van der Waals surface area (Å²) < 4.78 is 5.84. The molecule has 5 nitrogen and oxygen atoms in total. The van der Waals surface area contributed by atoms with Crippen molar-refractivity contribution in [3.05, 3.63) is 59.2 Å². The Morgan fingerprint density at radius 1 is 0.966 bits per heavy atom. The van der Waals surface area contributed by atoms with Crippen LogP contribution in [0.3, 0.4) is 0 Å². The minimum atomic E-state index is -0.683. The minimum Gasteiger partial charge on any atom is -0.481 e. The number of para-hydroxylation sites is 1. The highest BCUT2D eigenvalue weighted by atomic mass is 16.5. The van der Waals surface area contributed by atoms with E-state index in [0.717, 1.165) is 49.9 Å². The fraction of sp³-hybridized carbons (Fsp3) is 0.417. The van der Waals surface area contributed by atoms with Gasteiger partial charge in [0, 0.05) is 13.1 Å². The number of rotatable bonds is 5. The number of benzene rings is 2. The molecule has 2 aromatic rings. The van der Waals surface area contributed by atoms with Crippen molar-refractivity contribution in [2.45, 2.75) is 52.6 Å². The second-order valence-corrected chi connectivity index (χ2v) is 7.82. The van der Waals surface area contributed by atoms with Crippen molar-refractivity contribution in [1.82, 2.24) is 4.90 Å². The third-order valence-electron chi connectivity index (χ3n) is 5.19. The van der Waals surface area contributed by atoms with Gasteiger partial charge in [0.25, 0.3) is 11.8 Å². The second-order valence-electron chi connectivity index (χ2n) is 7.82. The van der Waals surface area contributed by atoms with E-state index in [1.54, 1.807) is 19.1 Å². The summed E-state index contributed by atoms with van der Waals surface area (Å²) in [6.07, 6.45) is 3.70. The van der Waals surface area contributed by atoms with Crippen LogP contribution in [0.15, 0.2) is 42.5 Å². The molecule has 1 atom stereocenters. The van der Waals surface area contributed by atoms with E-state index in [9.17, 15) is 9.59 Å². The van der Waals surface area contributed by atoms with Crippen LogP contribution in [0, 0.1) is 13.8 Å². The summed E-state index contributed by atoms with van der Waals surface area (Å²) in [5, 5.41) is 2.88. The average Bonchev–Trinajstić information content (AvgIpc) is 2.96. The zero-order valence-corrected chi connectivity index (χ0v) is 17.5. The first-order valence-corrected chi connectivity index (χ1v) is 10.4. The zero-order valence-electron chi connectivity index (χ0n) is 17.5. The monoisotopic (exact) mass is 394 g/mol. The Morgan fingerprint density at radius 2 is 1.59 bits per heavy atom. The van der Waals surface area contributed by atoms with Gasteiger partial charge in [-0.3, -0.25) is 9.59 Å². The third-order valence-corrected chi connectivity index (χ3v) is 5.19. The summed E-state index contributed by atoms with van der Waals surface area (Å²) in [5.74, 6) is 0.366. The third kappa shape index (κ3) is 5.59. The molecule has 1 fully saturated rings. The fourth-order valence-electron chi connectivity index (χ4n) is 3.72. The van der Waals surface area contributed by atoms with Crippen LogP contribution in [0.2, 0.25) is 0 Å². The van der Waals surface area contributed by atoms with E-state index in [4.69, 9.17) is 4.74 Å². The van der Waals surface area contributed by atoms with Gasteiger partial charge in [-0.25, -0.2) is 0 Å². The number of anilines is 1. The molecule has 154 valence electrons. The molecule has 0 saturated carbocycles. The summed E-state index contributed by atoms with van der Waals surface area (Å²) >= 11 is 0. The van der Waals surface area contributed by atoms with Gasteiger partial charge in [-0.15, -0.1) is 0 Å².